The van der Waals surface area contributed by atoms with Gasteiger partial charge in [0.25, 0.3) is 11.8 Å². The van der Waals surface area contributed by atoms with Crippen LogP contribution in [0.4, 0.5) is 23.2 Å². The Morgan fingerprint density at radius 1 is 1.10 bits per heavy atom. The minimum atomic E-state index is -4.91. The summed E-state index contributed by atoms with van der Waals surface area (Å²) in [5, 5.41) is 26.3. The largest absolute Gasteiger partial charge is 0.437 e. The highest BCUT2D eigenvalue weighted by Crippen LogP contribution is 2.36. The Balaban J connectivity index is 1.75. The number of nitrogens with one attached hydrogen (secondary N) is 2. The normalized spacial score (nSPS) is 11.3. The molecule has 0 saturated carbocycles. The molecule has 0 unspecified atom stereocenters. The number of aliphatic hydroxyl groups excluding tert-OH is 1. The molecule has 0 bridgehead atoms. The van der Waals surface area contributed by atoms with Crippen molar-refractivity contribution in [3.63, 3.8) is 0 Å². The third-order valence-electron chi connectivity index (χ3n) is 5.78. The lowest BCUT2D eigenvalue weighted by atomic mass is 10.1. The van der Waals surface area contributed by atoms with Crippen molar-refractivity contribution in [1.29, 1.82) is 5.26 Å². The van der Waals surface area contributed by atoms with Gasteiger partial charge in [-0.2, -0.15) is 23.5 Å². The average molecular weight is 540 g/mol. The van der Waals surface area contributed by atoms with E-state index in [9.17, 15) is 27.2 Å². The number of pyridine rings is 1. The van der Waals surface area contributed by atoms with Crippen LogP contribution >= 0.6 is 0 Å². The molecule has 0 fully saturated rings. The molecule has 0 aliphatic carbocycles. The van der Waals surface area contributed by atoms with Crippen LogP contribution in [0.1, 0.15) is 43.4 Å². The predicted molar refractivity (Wildman–Crippen MR) is 131 cm³/mol. The zero-order valence-electron chi connectivity index (χ0n) is 20.3. The lowest BCUT2D eigenvalue weighted by Crippen LogP contribution is -2.27. The van der Waals surface area contributed by atoms with Crippen LogP contribution in [-0.2, 0) is 12.7 Å². The number of benzene rings is 2. The zero-order valence-corrected chi connectivity index (χ0v) is 20.3. The van der Waals surface area contributed by atoms with Crippen LogP contribution in [0.5, 0.6) is 0 Å². The number of hydrogen-bond acceptors (Lipinski definition) is 6. The molecule has 200 valence electrons. The number of nitriles is 1. The third-order valence-corrected chi connectivity index (χ3v) is 5.78. The first-order valence-corrected chi connectivity index (χ1v) is 11.5. The average Bonchev–Trinajstić information content (AvgIpc) is 3.21. The van der Waals surface area contributed by atoms with Crippen molar-refractivity contribution in [3.05, 3.63) is 88.1 Å². The van der Waals surface area contributed by atoms with Crippen LogP contribution in [0.25, 0.3) is 10.9 Å². The predicted octanol–water partition coefficient (Wildman–Crippen LogP) is 3.79. The molecule has 2 amide bonds. The number of amides is 2. The molecular weight excluding hydrogens is 520 g/mol. The van der Waals surface area contributed by atoms with Gasteiger partial charge in [-0.3, -0.25) is 14.3 Å². The highest BCUT2D eigenvalue weighted by molar-refractivity contribution is 6.14. The van der Waals surface area contributed by atoms with Gasteiger partial charge in [-0.25, -0.2) is 9.37 Å². The first kappa shape index (κ1) is 27.2. The summed E-state index contributed by atoms with van der Waals surface area (Å²) >= 11 is 0. The van der Waals surface area contributed by atoms with Crippen LogP contribution in [0, 0.1) is 24.1 Å². The number of anilines is 1. The molecule has 2 aromatic carbocycles. The number of nitrogens with zero attached hydrogens (tertiary/aromatic N) is 4. The van der Waals surface area contributed by atoms with E-state index < -0.39 is 35.2 Å². The topological polar surface area (TPSA) is 133 Å². The second-order valence-corrected chi connectivity index (χ2v) is 8.42. The third kappa shape index (κ3) is 5.86. The van der Waals surface area contributed by atoms with Gasteiger partial charge in [-0.1, -0.05) is 12.1 Å². The number of rotatable bonds is 7. The fourth-order valence-corrected chi connectivity index (χ4v) is 3.85. The first-order valence-electron chi connectivity index (χ1n) is 11.5. The van der Waals surface area contributed by atoms with Crippen molar-refractivity contribution < 1.29 is 32.3 Å². The highest BCUT2D eigenvalue weighted by atomic mass is 19.4. The Labute approximate surface area is 218 Å². The van der Waals surface area contributed by atoms with E-state index in [0.717, 1.165) is 22.9 Å². The minimum absolute atomic E-state index is 0.00496. The van der Waals surface area contributed by atoms with E-state index in [0.29, 0.717) is 11.1 Å². The Hall–Kier alpha value is -4.83. The standard InChI is InChI=1S/C26H20F4N6O3/c1-14-22(23(26(28,29)30)35-36(14)13-16-4-2-15(12-31)3-5-16)34-24(38)19-11-21(25(39)32-8-9-37)33-20-10-17(27)6-7-18(19)20/h2-7,10-11,37H,8-9,13H2,1H3,(H,32,39)(H,34,38). The monoisotopic (exact) mass is 540 g/mol. The van der Waals surface area contributed by atoms with Gasteiger partial charge in [0.2, 0.25) is 0 Å². The maximum atomic E-state index is 13.9. The summed E-state index contributed by atoms with van der Waals surface area (Å²) in [4.78, 5) is 29.8. The molecule has 0 spiro atoms. The first-order chi connectivity index (χ1) is 18.5. The summed E-state index contributed by atoms with van der Waals surface area (Å²) in [6, 6.07) is 12.5. The van der Waals surface area contributed by atoms with E-state index in [1.54, 1.807) is 12.1 Å². The summed E-state index contributed by atoms with van der Waals surface area (Å²) in [6.07, 6.45) is -4.91. The Morgan fingerprint density at radius 2 is 1.82 bits per heavy atom. The Bertz CT molecular complexity index is 1610. The molecule has 0 aliphatic heterocycles. The molecule has 0 aliphatic rings. The van der Waals surface area contributed by atoms with E-state index in [2.05, 4.69) is 20.7 Å². The summed E-state index contributed by atoms with van der Waals surface area (Å²) in [5.74, 6) is -2.48. The fraction of sp³-hybridized carbons (Fsp3) is 0.192. The van der Waals surface area contributed by atoms with E-state index in [1.165, 1.54) is 25.1 Å². The van der Waals surface area contributed by atoms with Crippen molar-refractivity contribution in [2.24, 2.45) is 0 Å². The fourth-order valence-electron chi connectivity index (χ4n) is 3.85. The maximum absolute atomic E-state index is 13.9. The van der Waals surface area contributed by atoms with Crippen molar-refractivity contribution in [1.82, 2.24) is 20.1 Å². The van der Waals surface area contributed by atoms with E-state index in [4.69, 9.17) is 10.4 Å². The number of aliphatic hydroxyl groups is 1. The summed E-state index contributed by atoms with van der Waals surface area (Å²) in [6.45, 7) is 0.807. The smallest absolute Gasteiger partial charge is 0.395 e. The van der Waals surface area contributed by atoms with Gasteiger partial charge >= 0.3 is 6.18 Å². The SMILES string of the molecule is Cc1c(NC(=O)c2cc(C(=O)NCCO)nc3cc(F)ccc23)c(C(F)(F)F)nn1Cc1ccc(C#N)cc1. The van der Waals surface area contributed by atoms with Gasteiger partial charge in [0, 0.05) is 18.0 Å². The van der Waals surface area contributed by atoms with Crippen molar-refractivity contribution in [3.8, 4) is 6.07 Å². The van der Waals surface area contributed by atoms with Gasteiger partial charge in [0.05, 0.1) is 47.2 Å². The van der Waals surface area contributed by atoms with Crippen molar-refractivity contribution in [2.75, 3.05) is 18.5 Å². The van der Waals surface area contributed by atoms with Gasteiger partial charge in [-0.05, 0) is 42.8 Å². The van der Waals surface area contributed by atoms with Crippen LogP contribution in [-0.4, -0.2) is 44.8 Å². The van der Waals surface area contributed by atoms with Crippen LogP contribution in [0.2, 0.25) is 0 Å². The lowest BCUT2D eigenvalue weighted by Gasteiger charge is -2.12. The molecule has 39 heavy (non-hydrogen) atoms. The number of carbonyl (C=O) groups is 2. The van der Waals surface area contributed by atoms with Gasteiger partial charge in [0.1, 0.15) is 11.5 Å². The van der Waals surface area contributed by atoms with Crippen molar-refractivity contribution >= 4 is 28.4 Å². The molecule has 9 nitrogen and oxygen atoms in total. The van der Waals surface area contributed by atoms with Gasteiger partial charge in [0.15, 0.2) is 5.69 Å². The van der Waals surface area contributed by atoms with E-state index in [-0.39, 0.29) is 47.6 Å². The summed E-state index contributed by atoms with van der Waals surface area (Å²) < 4.78 is 56.8. The Morgan fingerprint density at radius 3 is 2.46 bits per heavy atom. The van der Waals surface area contributed by atoms with Gasteiger partial charge < -0.3 is 15.7 Å². The van der Waals surface area contributed by atoms with Crippen molar-refractivity contribution in [2.45, 2.75) is 19.6 Å². The molecule has 4 aromatic rings. The van der Waals surface area contributed by atoms with E-state index in [1.807, 2.05) is 6.07 Å². The molecule has 0 saturated heterocycles. The maximum Gasteiger partial charge on any atom is 0.437 e. The molecular formula is C26H20F4N6O3. The second kappa shape index (κ2) is 10.9. The summed E-state index contributed by atoms with van der Waals surface area (Å²) in [5.41, 5.74) is -1.53. The van der Waals surface area contributed by atoms with Crippen LogP contribution in [0.3, 0.4) is 0 Å². The summed E-state index contributed by atoms with van der Waals surface area (Å²) in [7, 11) is 0. The lowest BCUT2D eigenvalue weighted by molar-refractivity contribution is -0.140. The highest BCUT2D eigenvalue weighted by Gasteiger charge is 2.39. The quantitative estimate of drug-likeness (QED) is 0.306. The zero-order chi connectivity index (χ0) is 28.3. The molecule has 13 heteroatoms. The minimum Gasteiger partial charge on any atom is -0.395 e. The van der Waals surface area contributed by atoms with Crippen LogP contribution < -0.4 is 10.6 Å². The number of alkyl halides is 3. The number of fused-ring (bicyclic) bond motifs is 1. The number of hydrogen-bond donors (Lipinski definition) is 3. The molecule has 0 atom stereocenters. The second-order valence-electron chi connectivity index (χ2n) is 8.42. The van der Waals surface area contributed by atoms with E-state index >= 15 is 0 Å². The molecule has 3 N–H and O–H groups in total. The van der Waals surface area contributed by atoms with Gasteiger partial charge in [-0.15, -0.1) is 0 Å². The Kier molecular flexibility index (Phi) is 7.59. The molecule has 4 rings (SSSR count). The molecule has 0 radical (unpaired) electrons. The number of aromatic nitrogens is 3. The van der Waals surface area contributed by atoms with Crippen LogP contribution in [0.15, 0.2) is 48.5 Å². The molecule has 2 aromatic heterocycles. The number of halogens is 4. The number of carbonyl (C=O) groups excluding carboxylic acids is 2. The molecule has 2 heterocycles.